The van der Waals surface area contributed by atoms with Gasteiger partial charge in [-0.3, -0.25) is 14.4 Å². The van der Waals surface area contributed by atoms with Crippen molar-refractivity contribution in [2.45, 2.75) is 12.8 Å². The van der Waals surface area contributed by atoms with Crippen molar-refractivity contribution in [2.24, 2.45) is 5.73 Å². The number of carbonyl (C=O) groups excluding carboxylic acids is 3. The number of nitrogens with zero attached hydrogens (tertiary/aromatic N) is 1. The van der Waals surface area contributed by atoms with Gasteiger partial charge in [0.25, 0.3) is 0 Å². The minimum absolute atomic E-state index is 0. The Bertz CT molecular complexity index is 565. The van der Waals surface area contributed by atoms with Crippen LogP contribution in [0.1, 0.15) is 12.8 Å². The molecule has 1 aliphatic rings. The van der Waals surface area contributed by atoms with Crippen molar-refractivity contribution in [3.8, 4) is 0 Å². The standard InChI is InChI=1S/C14H18N4O3.ClH/c15-8-12(19)16-9-13(20)17-10-4-1-2-5-11(10)18-7-3-6-14(18)21;/h1-2,4-5H,3,6-9,15H2,(H,16,19)(H,17,20);1H. The second-order valence-electron chi connectivity index (χ2n) is 4.70. The summed E-state index contributed by atoms with van der Waals surface area (Å²) in [5.74, 6) is -0.711. The van der Waals surface area contributed by atoms with Crippen LogP contribution in [0.5, 0.6) is 0 Å². The van der Waals surface area contributed by atoms with Gasteiger partial charge in [0.1, 0.15) is 0 Å². The third-order valence-electron chi connectivity index (χ3n) is 3.17. The van der Waals surface area contributed by atoms with Crippen molar-refractivity contribution in [1.29, 1.82) is 0 Å². The Hall–Kier alpha value is -2.12. The van der Waals surface area contributed by atoms with Crippen LogP contribution in [-0.2, 0) is 14.4 Å². The zero-order valence-electron chi connectivity index (χ0n) is 12.0. The molecule has 3 amide bonds. The molecule has 4 N–H and O–H groups in total. The zero-order chi connectivity index (χ0) is 15.2. The molecule has 0 unspecified atom stereocenters. The number of benzene rings is 1. The molecule has 22 heavy (non-hydrogen) atoms. The Balaban J connectivity index is 0.00000242. The molecule has 0 atom stereocenters. The molecule has 0 aliphatic carbocycles. The lowest BCUT2D eigenvalue weighted by molar-refractivity contribution is -0.123. The van der Waals surface area contributed by atoms with E-state index in [1.54, 1.807) is 23.1 Å². The highest BCUT2D eigenvalue weighted by Gasteiger charge is 2.24. The van der Waals surface area contributed by atoms with Gasteiger partial charge in [-0.1, -0.05) is 12.1 Å². The Morgan fingerprint density at radius 2 is 1.95 bits per heavy atom. The summed E-state index contributed by atoms with van der Waals surface area (Å²) < 4.78 is 0. The molecule has 1 fully saturated rings. The summed E-state index contributed by atoms with van der Waals surface area (Å²) in [7, 11) is 0. The topological polar surface area (TPSA) is 105 Å². The van der Waals surface area contributed by atoms with Gasteiger partial charge < -0.3 is 21.3 Å². The van der Waals surface area contributed by atoms with E-state index in [-0.39, 0.29) is 37.3 Å². The van der Waals surface area contributed by atoms with Gasteiger partial charge in [0, 0.05) is 13.0 Å². The monoisotopic (exact) mass is 326 g/mol. The molecule has 120 valence electrons. The van der Waals surface area contributed by atoms with E-state index in [0.717, 1.165) is 6.42 Å². The van der Waals surface area contributed by atoms with Gasteiger partial charge in [-0.15, -0.1) is 12.4 Å². The summed E-state index contributed by atoms with van der Waals surface area (Å²) in [5.41, 5.74) is 6.38. The van der Waals surface area contributed by atoms with Crippen LogP contribution in [0.15, 0.2) is 24.3 Å². The van der Waals surface area contributed by atoms with Crippen molar-refractivity contribution in [3.05, 3.63) is 24.3 Å². The van der Waals surface area contributed by atoms with E-state index in [2.05, 4.69) is 10.6 Å². The molecular formula is C14H19ClN4O3. The summed E-state index contributed by atoms with van der Waals surface area (Å²) in [4.78, 5) is 36.3. The number of carbonyl (C=O) groups is 3. The van der Waals surface area contributed by atoms with E-state index >= 15 is 0 Å². The number of anilines is 2. The minimum Gasteiger partial charge on any atom is -0.346 e. The van der Waals surface area contributed by atoms with E-state index in [9.17, 15) is 14.4 Å². The number of nitrogens with one attached hydrogen (secondary N) is 2. The van der Waals surface area contributed by atoms with Crippen LogP contribution in [0.4, 0.5) is 11.4 Å². The first kappa shape index (κ1) is 17.9. The number of hydrogen-bond donors (Lipinski definition) is 3. The summed E-state index contributed by atoms with van der Waals surface area (Å²) in [6.07, 6.45) is 1.34. The van der Waals surface area contributed by atoms with Crippen LogP contribution in [0.25, 0.3) is 0 Å². The average Bonchev–Trinajstić information content (AvgIpc) is 2.91. The van der Waals surface area contributed by atoms with E-state index in [1.807, 2.05) is 6.07 Å². The predicted octanol–water partition coefficient (Wildman–Crippen LogP) is 0.249. The van der Waals surface area contributed by atoms with Gasteiger partial charge in [0.2, 0.25) is 17.7 Å². The molecule has 7 nitrogen and oxygen atoms in total. The molecule has 0 aromatic heterocycles. The van der Waals surface area contributed by atoms with Crippen molar-refractivity contribution in [2.75, 3.05) is 29.9 Å². The summed E-state index contributed by atoms with van der Waals surface area (Å²) in [5, 5.41) is 5.09. The Morgan fingerprint density at radius 1 is 1.23 bits per heavy atom. The molecule has 1 heterocycles. The average molecular weight is 327 g/mol. The fourth-order valence-electron chi connectivity index (χ4n) is 2.16. The maximum Gasteiger partial charge on any atom is 0.243 e. The van der Waals surface area contributed by atoms with Gasteiger partial charge in [0.15, 0.2) is 0 Å². The quantitative estimate of drug-likeness (QED) is 0.721. The molecule has 2 rings (SSSR count). The molecule has 8 heteroatoms. The molecule has 0 bridgehead atoms. The predicted molar refractivity (Wildman–Crippen MR) is 86.0 cm³/mol. The maximum atomic E-state index is 11.8. The molecule has 1 aromatic carbocycles. The highest BCUT2D eigenvalue weighted by atomic mass is 35.5. The first-order valence-corrected chi connectivity index (χ1v) is 6.78. The Labute approximate surface area is 134 Å². The van der Waals surface area contributed by atoms with E-state index in [4.69, 9.17) is 5.73 Å². The summed E-state index contributed by atoms with van der Waals surface area (Å²) in [6, 6.07) is 7.10. The van der Waals surface area contributed by atoms with Gasteiger partial charge in [-0.05, 0) is 18.6 Å². The summed E-state index contributed by atoms with van der Waals surface area (Å²) >= 11 is 0. The van der Waals surface area contributed by atoms with Crippen LogP contribution in [0, 0.1) is 0 Å². The molecule has 1 aliphatic heterocycles. The van der Waals surface area contributed by atoms with Crippen molar-refractivity contribution >= 4 is 41.5 Å². The molecular weight excluding hydrogens is 308 g/mol. The smallest absolute Gasteiger partial charge is 0.243 e. The van der Waals surface area contributed by atoms with Crippen LogP contribution in [-0.4, -0.2) is 37.4 Å². The normalized spacial score (nSPS) is 13.5. The van der Waals surface area contributed by atoms with Crippen molar-refractivity contribution in [1.82, 2.24) is 5.32 Å². The van der Waals surface area contributed by atoms with Gasteiger partial charge in [-0.2, -0.15) is 0 Å². The molecule has 0 saturated carbocycles. The second kappa shape index (κ2) is 8.35. The number of para-hydroxylation sites is 2. The first-order valence-electron chi connectivity index (χ1n) is 6.78. The summed E-state index contributed by atoms with van der Waals surface area (Å²) in [6.45, 7) is 0.333. The van der Waals surface area contributed by atoms with Crippen LogP contribution in [0.2, 0.25) is 0 Å². The fraction of sp³-hybridized carbons (Fsp3) is 0.357. The number of halogens is 1. The minimum atomic E-state index is -0.395. The van der Waals surface area contributed by atoms with Crippen molar-refractivity contribution < 1.29 is 14.4 Å². The van der Waals surface area contributed by atoms with Gasteiger partial charge in [0.05, 0.1) is 24.5 Å². The lowest BCUT2D eigenvalue weighted by Crippen LogP contribution is -2.36. The first-order chi connectivity index (χ1) is 10.1. The Kier molecular flexibility index (Phi) is 6.81. The molecule has 1 aromatic rings. The molecule has 1 saturated heterocycles. The number of hydrogen-bond acceptors (Lipinski definition) is 4. The Morgan fingerprint density at radius 3 is 2.59 bits per heavy atom. The lowest BCUT2D eigenvalue weighted by Gasteiger charge is -2.20. The van der Waals surface area contributed by atoms with Gasteiger partial charge >= 0.3 is 0 Å². The largest absolute Gasteiger partial charge is 0.346 e. The van der Waals surface area contributed by atoms with E-state index in [0.29, 0.717) is 24.3 Å². The zero-order valence-corrected chi connectivity index (χ0v) is 12.8. The van der Waals surface area contributed by atoms with E-state index < -0.39 is 5.91 Å². The highest BCUT2D eigenvalue weighted by Crippen LogP contribution is 2.29. The lowest BCUT2D eigenvalue weighted by atomic mass is 10.2. The third kappa shape index (κ3) is 4.44. The number of amides is 3. The third-order valence-corrected chi connectivity index (χ3v) is 3.17. The SMILES string of the molecule is Cl.NCC(=O)NCC(=O)Nc1ccccc1N1CCCC1=O. The van der Waals surface area contributed by atoms with Gasteiger partial charge in [-0.25, -0.2) is 0 Å². The van der Waals surface area contributed by atoms with Crippen LogP contribution < -0.4 is 21.3 Å². The van der Waals surface area contributed by atoms with E-state index in [1.165, 1.54) is 0 Å². The second-order valence-corrected chi connectivity index (χ2v) is 4.70. The van der Waals surface area contributed by atoms with Crippen molar-refractivity contribution in [3.63, 3.8) is 0 Å². The maximum absolute atomic E-state index is 11.8. The van der Waals surface area contributed by atoms with Crippen LogP contribution in [0.3, 0.4) is 0 Å². The number of nitrogens with two attached hydrogens (primary N) is 1. The number of rotatable bonds is 5. The fourth-order valence-corrected chi connectivity index (χ4v) is 2.16. The van der Waals surface area contributed by atoms with Crippen LogP contribution >= 0.6 is 12.4 Å². The molecule has 0 spiro atoms. The molecule has 0 radical (unpaired) electrons. The highest BCUT2D eigenvalue weighted by molar-refractivity contribution is 6.02.